The Kier molecular flexibility index (Phi) is 5.88. The highest BCUT2D eigenvalue weighted by atomic mass is 32.1. The fourth-order valence-electron chi connectivity index (χ4n) is 3.62. The van der Waals surface area contributed by atoms with Crippen molar-refractivity contribution in [1.29, 1.82) is 0 Å². The second-order valence-electron chi connectivity index (χ2n) is 6.93. The lowest BCUT2D eigenvalue weighted by Gasteiger charge is -2.28. The number of hydrogen-bond acceptors (Lipinski definition) is 4. The predicted molar refractivity (Wildman–Crippen MR) is 102 cm³/mol. The molecule has 1 saturated heterocycles. The molecule has 0 aliphatic carbocycles. The van der Waals surface area contributed by atoms with Crippen molar-refractivity contribution in [1.82, 2.24) is 14.3 Å². The third kappa shape index (κ3) is 3.88. The van der Waals surface area contributed by atoms with E-state index in [-0.39, 0.29) is 11.9 Å². The molecule has 0 bridgehead atoms. The zero-order valence-electron chi connectivity index (χ0n) is 15.7. The first-order valence-electron chi connectivity index (χ1n) is 9.21. The molecule has 1 aromatic carbocycles. The van der Waals surface area contributed by atoms with Crippen LogP contribution in [0.4, 0.5) is 0 Å². The molecule has 6 nitrogen and oxygen atoms in total. The molecule has 1 aliphatic heterocycles. The van der Waals surface area contributed by atoms with Crippen molar-refractivity contribution in [3.8, 4) is 11.4 Å². The SMILES string of the molecule is CCOC(=O)[C@H]1CCC[NH+](Cn2nc(-c3ccccc3C)n(C)c2=S)C1. The molecule has 0 amide bonds. The van der Waals surface area contributed by atoms with E-state index in [1.54, 1.807) is 0 Å². The number of carbonyl (C=O) groups excluding carboxylic acids is 1. The number of nitrogens with zero attached hydrogens (tertiary/aromatic N) is 3. The van der Waals surface area contributed by atoms with E-state index in [0.717, 1.165) is 37.3 Å². The van der Waals surface area contributed by atoms with Crippen molar-refractivity contribution in [3.63, 3.8) is 0 Å². The van der Waals surface area contributed by atoms with Gasteiger partial charge in [0.2, 0.25) is 4.77 Å². The summed E-state index contributed by atoms with van der Waals surface area (Å²) in [4.78, 5) is 13.4. The van der Waals surface area contributed by atoms with E-state index in [4.69, 9.17) is 22.1 Å². The lowest BCUT2D eigenvalue weighted by atomic mass is 9.99. The average Bonchev–Trinajstić information content (AvgIpc) is 2.91. The zero-order valence-corrected chi connectivity index (χ0v) is 16.5. The second-order valence-corrected chi connectivity index (χ2v) is 7.30. The number of rotatable bonds is 5. The molecular formula is C19H27N4O2S+. The summed E-state index contributed by atoms with van der Waals surface area (Å²) in [6, 6.07) is 8.20. The van der Waals surface area contributed by atoms with Crippen molar-refractivity contribution in [2.24, 2.45) is 13.0 Å². The van der Waals surface area contributed by atoms with Gasteiger partial charge in [-0.25, -0.2) is 0 Å². The van der Waals surface area contributed by atoms with E-state index in [2.05, 4.69) is 19.1 Å². The van der Waals surface area contributed by atoms with Gasteiger partial charge in [0.15, 0.2) is 12.5 Å². The minimum atomic E-state index is -0.0742. The van der Waals surface area contributed by atoms with Crippen molar-refractivity contribution in [2.75, 3.05) is 19.7 Å². The summed E-state index contributed by atoms with van der Waals surface area (Å²) in [6.45, 7) is 6.85. The Morgan fingerprint density at radius 3 is 2.92 bits per heavy atom. The first-order valence-corrected chi connectivity index (χ1v) is 9.62. The molecular weight excluding hydrogens is 348 g/mol. The van der Waals surface area contributed by atoms with Gasteiger partial charge in [0.05, 0.1) is 19.7 Å². The molecule has 1 N–H and O–H groups in total. The molecule has 7 heteroatoms. The number of piperidine rings is 1. The highest BCUT2D eigenvalue weighted by molar-refractivity contribution is 7.71. The molecule has 1 fully saturated rings. The number of quaternary nitrogens is 1. The number of aryl methyl sites for hydroxylation is 1. The summed E-state index contributed by atoms with van der Waals surface area (Å²) in [6.07, 6.45) is 1.92. The Balaban J connectivity index is 1.79. The smallest absolute Gasteiger partial charge is 0.314 e. The van der Waals surface area contributed by atoms with Crippen LogP contribution in [0.2, 0.25) is 0 Å². The van der Waals surface area contributed by atoms with Gasteiger partial charge in [0, 0.05) is 12.6 Å². The average molecular weight is 376 g/mol. The van der Waals surface area contributed by atoms with Gasteiger partial charge in [-0.3, -0.25) is 4.79 Å². The molecule has 2 aromatic rings. The molecule has 140 valence electrons. The lowest BCUT2D eigenvalue weighted by Crippen LogP contribution is -3.13. The number of carbonyl (C=O) groups is 1. The highest BCUT2D eigenvalue weighted by Gasteiger charge is 2.30. The molecule has 1 aromatic heterocycles. The van der Waals surface area contributed by atoms with Crippen molar-refractivity contribution in [2.45, 2.75) is 33.4 Å². The minimum Gasteiger partial charge on any atom is -0.466 e. The number of ether oxygens (including phenoxy) is 1. The van der Waals surface area contributed by atoms with Gasteiger partial charge in [0.25, 0.3) is 0 Å². The Morgan fingerprint density at radius 2 is 2.19 bits per heavy atom. The van der Waals surface area contributed by atoms with Crippen molar-refractivity contribution < 1.29 is 14.4 Å². The summed E-state index contributed by atoms with van der Waals surface area (Å²) in [5, 5.41) is 4.78. The standard InChI is InChI=1S/C19H26N4O2S/c1-4-25-18(24)15-9-7-11-22(12-15)13-23-19(26)21(3)17(20-23)16-10-6-5-8-14(16)2/h5-6,8,10,15H,4,7,9,11-13H2,1-3H3/p+1/t15-/m0/s1. The topological polar surface area (TPSA) is 53.5 Å². The van der Waals surface area contributed by atoms with Gasteiger partial charge in [0.1, 0.15) is 5.92 Å². The van der Waals surface area contributed by atoms with E-state index < -0.39 is 0 Å². The Morgan fingerprint density at radius 1 is 1.42 bits per heavy atom. The summed E-state index contributed by atoms with van der Waals surface area (Å²) in [7, 11) is 1.96. The van der Waals surface area contributed by atoms with Crippen LogP contribution >= 0.6 is 12.2 Å². The van der Waals surface area contributed by atoms with Crippen LogP contribution in [0, 0.1) is 17.6 Å². The number of benzene rings is 1. The van der Waals surface area contributed by atoms with E-state index >= 15 is 0 Å². The minimum absolute atomic E-state index is 0.0209. The summed E-state index contributed by atoms with van der Waals surface area (Å²) < 4.78 is 9.75. The van der Waals surface area contributed by atoms with Crippen LogP contribution in [0.3, 0.4) is 0 Å². The third-order valence-electron chi connectivity index (χ3n) is 5.04. The van der Waals surface area contributed by atoms with Gasteiger partial charge in [-0.15, -0.1) is 5.10 Å². The third-order valence-corrected chi connectivity index (χ3v) is 5.52. The van der Waals surface area contributed by atoms with E-state index in [0.29, 0.717) is 18.0 Å². The Labute approximate surface area is 159 Å². The monoisotopic (exact) mass is 375 g/mol. The number of likely N-dealkylation sites (tertiary alicyclic amines) is 1. The van der Waals surface area contributed by atoms with Crippen LogP contribution in [0.5, 0.6) is 0 Å². The molecule has 26 heavy (non-hydrogen) atoms. The van der Waals surface area contributed by atoms with Crippen LogP contribution in [0.1, 0.15) is 25.3 Å². The Bertz CT molecular complexity index is 842. The molecule has 0 spiro atoms. The zero-order chi connectivity index (χ0) is 18.7. The summed E-state index contributed by atoms with van der Waals surface area (Å²) >= 11 is 5.61. The highest BCUT2D eigenvalue weighted by Crippen LogP contribution is 2.21. The number of esters is 1. The molecule has 3 rings (SSSR count). The van der Waals surface area contributed by atoms with E-state index in [9.17, 15) is 4.79 Å². The van der Waals surface area contributed by atoms with Gasteiger partial charge < -0.3 is 14.2 Å². The maximum absolute atomic E-state index is 12.1. The molecule has 0 radical (unpaired) electrons. The maximum atomic E-state index is 12.1. The van der Waals surface area contributed by atoms with E-state index in [1.165, 1.54) is 10.5 Å². The fourth-order valence-corrected chi connectivity index (χ4v) is 3.81. The van der Waals surface area contributed by atoms with Gasteiger partial charge in [-0.1, -0.05) is 24.3 Å². The number of hydrogen-bond donors (Lipinski definition) is 1. The van der Waals surface area contributed by atoms with Crippen LogP contribution in [-0.2, 0) is 23.2 Å². The summed E-state index contributed by atoms with van der Waals surface area (Å²) in [5.74, 6) is 0.786. The lowest BCUT2D eigenvalue weighted by molar-refractivity contribution is -0.930. The largest absolute Gasteiger partial charge is 0.466 e. The van der Waals surface area contributed by atoms with Gasteiger partial charge in [-0.2, -0.15) is 4.68 Å². The Hall–Kier alpha value is -1.99. The normalized spacial score (nSPS) is 20.1. The first kappa shape index (κ1) is 18.8. The molecule has 1 unspecified atom stereocenters. The van der Waals surface area contributed by atoms with Gasteiger partial charge in [-0.05, 0) is 44.5 Å². The van der Waals surface area contributed by atoms with Crippen LogP contribution in [0.25, 0.3) is 11.4 Å². The van der Waals surface area contributed by atoms with Crippen molar-refractivity contribution >= 4 is 18.2 Å². The molecule has 0 saturated carbocycles. The number of aromatic nitrogens is 3. The van der Waals surface area contributed by atoms with Crippen LogP contribution < -0.4 is 4.90 Å². The quantitative estimate of drug-likeness (QED) is 0.639. The number of nitrogens with one attached hydrogen (secondary N) is 1. The maximum Gasteiger partial charge on any atom is 0.314 e. The van der Waals surface area contributed by atoms with Gasteiger partial charge >= 0.3 is 5.97 Å². The van der Waals surface area contributed by atoms with Crippen molar-refractivity contribution in [3.05, 3.63) is 34.6 Å². The molecule has 2 atom stereocenters. The van der Waals surface area contributed by atoms with Crippen LogP contribution in [-0.4, -0.2) is 40.0 Å². The predicted octanol–water partition coefficient (Wildman–Crippen LogP) is 1.74. The molecule has 2 heterocycles. The second kappa shape index (κ2) is 8.14. The van der Waals surface area contributed by atoms with Crippen LogP contribution in [0.15, 0.2) is 24.3 Å². The molecule has 1 aliphatic rings. The van der Waals surface area contributed by atoms with E-state index in [1.807, 2.05) is 35.4 Å². The first-order chi connectivity index (χ1) is 12.5. The fraction of sp³-hybridized carbons (Fsp3) is 0.526. The summed E-state index contributed by atoms with van der Waals surface area (Å²) in [5.41, 5.74) is 2.27.